The molecule has 4 atom stereocenters. The number of amides is 4. The molecule has 1 saturated carbocycles. The van der Waals surface area contributed by atoms with Gasteiger partial charge >= 0.3 is 12.1 Å². The van der Waals surface area contributed by atoms with Crippen LogP contribution in [-0.4, -0.2) is 98.6 Å². The lowest BCUT2D eigenvalue weighted by Crippen LogP contribution is -2.61. The number of piperidine rings is 1. The molecule has 2 saturated heterocycles. The fourth-order valence-electron chi connectivity index (χ4n) is 8.92. The quantitative estimate of drug-likeness (QED) is 0.297. The minimum atomic E-state index is -0.946. The third-order valence-electron chi connectivity index (χ3n) is 11.4. The van der Waals surface area contributed by atoms with Crippen molar-refractivity contribution in [3.63, 3.8) is 0 Å². The van der Waals surface area contributed by atoms with E-state index in [1.807, 2.05) is 47.4 Å². The van der Waals surface area contributed by atoms with E-state index in [0.717, 1.165) is 55.2 Å². The molecule has 48 heavy (non-hydrogen) atoms. The average molecular weight is 678 g/mol. The molecule has 4 aliphatic rings. The van der Waals surface area contributed by atoms with Crippen molar-refractivity contribution in [3.8, 4) is 0 Å². The number of fused-ring (bicyclic) bond motifs is 3. The van der Waals surface area contributed by atoms with E-state index in [-0.39, 0.29) is 42.1 Å². The summed E-state index contributed by atoms with van der Waals surface area (Å²) in [5.41, 5.74) is 3.19. The van der Waals surface area contributed by atoms with Crippen LogP contribution in [0.1, 0.15) is 88.3 Å². The Balaban J connectivity index is 1.21. The molecule has 9 nitrogen and oxygen atoms in total. The molecule has 2 aromatic rings. The van der Waals surface area contributed by atoms with Gasteiger partial charge in [0.05, 0.1) is 12.1 Å². The number of benzene rings is 2. The number of nitrogens with one attached hydrogen (secondary N) is 1. The maximum Gasteiger partial charge on any atom is 0.407 e. The van der Waals surface area contributed by atoms with E-state index in [0.29, 0.717) is 44.0 Å². The van der Waals surface area contributed by atoms with Crippen LogP contribution in [0.2, 0.25) is 5.02 Å². The normalized spacial score (nSPS) is 24.6. The van der Waals surface area contributed by atoms with Crippen LogP contribution in [-0.2, 0) is 24.2 Å². The molecule has 10 heteroatoms. The molecule has 6 rings (SSSR count). The molecule has 2 N–H and O–H groups in total. The first-order valence-electron chi connectivity index (χ1n) is 18.2. The number of carboxylic acid groups (broad SMARTS) is 1. The lowest BCUT2D eigenvalue weighted by Gasteiger charge is -2.48. The Morgan fingerprint density at radius 2 is 1.54 bits per heavy atom. The molecule has 3 aliphatic heterocycles. The second-order valence-electron chi connectivity index (χ2n) is 14.2. The molecule has 0 spiro atoms. The minimum Gasteiger partial charge on any atom is -0.465 e. The van der Waals surface area contributed by atoms with Gasteiger partial charge in [0.1, 0.15) is 0 Å². The number of hydrogen-bond donors (Lipinski definition) is 2. The number of carbonyl (C=O) groups excluding carboxylic acids is 2. The Morgan fingerprint density at radius 1 is 0.896 bits per heavy atom. The van der Waals surface area contributed by atoms with Crippen molar-refractivity contribution in [2.75, 3.05) is 19.6 Å². The topological polar surface area (TPSA) is 96.4 Å². The number of nitrogens with zero attached hydrogens (tertiary/aromatic N) is 4. The van der Waals surface area contributed by atoms with E-state index >= 15 is 0 Å². The van der Waals surface area contributed by atoms with Crippen LogP contribution in [0.3, 0.4) is 0 Å². The van der Waals surface area contributed by atoms with Crippen molar-refractivity contribution in [1.82, 2.24) is 24.9 Å². The van der Waals surface area contributed by atoms with Crippen molar-refractivity contribution < 1.29 is 19.5 Å². The monoisotopic (exact) mass is 677 g/mol. The lowest BCUT2D eigenvalue weighted by atomic mass is 9.89. The fourth-order valence-corrected chi connectivity index (χ4v) is 9.04. The summed E-state index contributed by atoms with van der Waals surface area (Å²) >= 11 is 6.20. The highest BCUT2D eigenvalue weighted by atomic mass is 35.5. The highest BCUT2D eigenvalue weighted by Crippen LogP contribution is 2.40. The summed E-state index contributed by atoms with van der Waals surface area (Å²) in [6.45, 7) is 6.24. The minimum absolute atomic E-state index is 0.0771. The van der Waals surface area contributed by atoms with E-state index in [4.69, 9.17) is 11.6 Å². The maximum atomic E-state index is 14.6. The number of carbonyl (C=O) groups is 3. The van der Waals surface area contributed by atoms with Gasteiger partial charge in [0, 0.05) is 55.4 Å². The molecule has 0 radical (unpaired) electrons. The Hall–Kier alpha value is -3.30. The third-order valence-corrected chi connectivity index (χ3v) is 11.7. The summed E-state index contributed by atoms with van der Waals surface area (Å²) in [6.07, 6.45) is 9.36. The van der Waals surface area contributed by atoms with Crippen LogP contribution in [0, 0.1) is 0 Å². The van der Waals surface area contributed by atoms with Gasteiger partial charge in [-0.15, -0.1) is 0 Å². The Labute approximate surface area is 290 Å². The number of halogens is 1. The summed E-state index contributed by atoms with van der Waals surface area (Å²) in [5.74, 6) is 0.0771. The Bertz CT molecular complexity index is 1410. The molecule has 2 aromatic carbocycles. The van der Waals surface area contributed by atoms with E-state index in [9.17, 15) is 19.5 Å². The molecule has 1 aliphatic carbocycles. The van der Waals surface area contributed by atoms with Crippen molar-refractivity contribution in [2.24, 2.45) is 0 Å². The van der Waals surface area contributed by atoms with Crippen LogP contribution in [0.4, 0.5) is 9.59 Å². The van der Waals surface area contributed by atoms with Gasteiger partial charge in [0.2, 0.25) is 5.91 Å². The SMILES string of the molecule is CCN(CC)C(=O)N(C1CCCCC1)C1CC2CCC(C1)N2C(=O)[C@@H](Cc1ccc(Cl)cc1)NC[C@H]1Cc2ccccc2CN1C(=O)O. The van der Waals surface area contributed by atoms with Crippen molar-refractivity contribution >= 4 is 29.6 Å². The molecule has 2 unspecified atom stereocenters. The van der Waals surface area contributed by atoms with Crippen molar-refractivity contribution in [1.29, 1.82) is 0 Å². The largest absolute Gasteiger partial charge is 0.465 e. The zero-order chi connectivity index (χ0) is 33.8. The number of urea groups is 1. The number of hydrogen-bond acceptors (Lipinski definition) is 4. The molecular formula is C38H52ClN5O4. The lowest BCUT2D eigenvalue weighted by molar-refractivity contribution is -0.139. The molecule has 2 bridgehead atoms. The highest BCUT2D eigenvalue weighted by Gasteiger charge is 2.48. The van der Waals surface area contributed by atoms with Gasteiger partial charge in [-0.3, -0.25) is 9.69 Å². The van der Waals surface area contributed by atoms with E-state index in [1.165, 1.54) is 24.2 Å². The summed E-state index contributed by atoms with van der Waals surface area (Å²) in [4.78, 5) is 48.8. The summed E-state index contributed by atoms with van der Waals surface area (Å²) in [5, 5.41) is 14.3. The van der Waals surface area contributed by atoms with Crippen LogP contribution in [0.15, 0.2) is 48.5 Å². The first kappa shape index (κ1) is 34.6. The van der Waals surface area contributed by atoms with Crippen LogP contribution < -0.4 is 5.32 Å². The molecule has 0 aromatic heterocycles. The zero-order valence-electron chi connectivity index (χ0n) is 28.5. The fraction of sp³-hybridized carbons (Fsp3) is 0.605. The first-order chi connectivity index (χ1) is 23.3. The van der Waals surface area contributed by atoms with Crippen LogP contribution in [0.25, 0.3) is 0 Å². The van der Waals surface area contributed by atoms with Gasteiger partial charge in [-0.2, -0.15) is 0 Å². The standard InChI is InChI=1S/C38H52ClN5O4/c1-3-41(4-2)37(46)44(30-12-6-5-7-13-30)33-22-31-18-19-32(23-33)43(31)36(45)35(20-26-14-16-29(39)17-15-26)40-24-34-21-27-10-8-9-11-28(27)25-42(34)38(47)48/h8-11,14-17,30-35,40H,3-7,12-13,18-25H2,1-2H3,(H,47,48)/t31?,32?,33?,34-,35-/m1/s1. The Kier molecular flexibility index (Phi) is 11.2. The molecule has 4 amide bonds. The molecule has 260 valence electrons. The summed E-state index contributed by atoms with van der Waals surface area (Å²) < 4.78 is 0. The zero-order valence-corrected chi connectivity index (χ0v) is 29.3. The van der Waals surface area contributed by atoms with Crippen LogP contribution in [0.5, 0.6) is 0 Å². The van der Waals surface area contributed by atoms with Gasteiger partial charge < -0.3 is 25.1 Å². The van der Waals surface area contributed by atoms with Gasteiger partial charge in [-0.1, -0.05) is 67.3 Å². The van der Waals surface area contributed by atoms with Gasteiger partial charge in [0.25, 0.3) is 0 Å². The second kappa shape index (κ2) is 15.5. The second-order valence-corrected chi connectivity index (χ2v) is 14.7. The van der Waals surface area contributed by atoms with Gasteiger partial charge in [0.15, 0.2) is 0 Å². The molecule has 3 fully saturated rings. The van der Waals surface area contributed by atoms with E-state index in [1.54, 1.807) is 0 Å². The van der Waals surface area contributed by atoms with Crippen molar-refractivity contribution in [2.45, 2.75) is 127 Å². The van der Waals surface area contributed by atoms with Crippen molar-refractivity contribution in [3.05, 3.63) is 70.2 Å². The number of rotatable bonds is 10. The predicted molar refractivity (Wildman–Crippen MR) is 188 cm³/mol. The predicted octanol–water partition coefficient (Wildman–Crippen LogP) is 6.56. The summed E-state index contributed by atoms with van der Waals surface area (Å²) in [6, 6.07) is 15.6. The van der Waals surface area contributed by atoms with E-state index in [2.05, 4.69) is 35.0 Å². The Morgan fingerprint density at radius 3 is 2.17 bits per heavy atom. The molecule has 3 heterocycles. The van der Waals surface area contributed by atoms with E-state index < -0.39 is 12.1 Å². The smallest absolute Gasteiger partial charge is 0.407 e. The highest BCUT2D eigenvalue weighted by molar-refractivity contribution is 6.30. The first-order valence-corrected chi connectivity index (χ1v) is 18.6. The molecular weight excluding hydrogens is 626 g/mol. The average Bonchev–Trinajstić information content (AvgIpc) is 3.36. The third kappa shape index (κ3) is 7.47. The maximum absolute atomic E-state index is 14.6. The van der Waals surface area contributed by atoms with Gasteiger partial charge in [-0.05, 0) is 94.0 Å². The summed E-state index contributed by atoms with van der Waals surface area (Å²) in [7, 11) is 0. The van der Waals surface area contributed by atoms with Crippen LogP contribution >= 0.6 is 11.6 Å². The van der Waals surface area contributed by atoms with Gasteiger partial charge in [-0.25, -0.2) is 9.59 Å².